The van der Waals surface area contributed by atoms with Gasteiger partial charge in [0.2, 0.25) is 0 Å². The first-order chi connectivity index (χ1) is 19.4. The number of aromatic nitrogens is 2. The van der Waals surface area contributed by atoms with Gasteiger partial charge in [-0.3, -0.25) is 4.40 Å². The molecule has 0 radical (unpaired) electrons. The van der Waals surface area contributed by atoms with Gasteiger partial charge in [0.1, 0.15) is 5.65 Å². The highest BCUT2D eigenvalue weighted by atomic mass is 15.2. The third-order valence-electron chi connectivity index (χ3n) is 9.04. The molecule has 0 spiro atoms. The minimum absolute atomic E-state index is 1.06. The molecule has 7 rings (SSSR count). The number of nitrogens with zero attached hydrogens (tertiary/aromatic N) is 4. The number of rotatable bonds is 3. The fraction of sp³-hybridized carbons (Fsp3) is 0.400. The molecule has 4 heteroatoms. The predicted octanol–water partition coefficient (Wildman–Crippen LogP) is 8.85. The normalized spacial score (nSPS) is 17.7. The largest absolute Gasteiger partial charge is 0.371 e. The molecule has 5 aromatic rings. The van der Waals surface area contributed by atoms with Gasteiger partial charge in [0.05, 0.1) is 17.4 Å². The first kappa shape index (κ1) is 24.5. The van der Waals surface area contributed by atoms with E-state index in [4.69, 9.17) is 4.98 Å². The van der Waals surface area contributed by atoms with E-state index in [9.17, 15) is 0 Å². The topological polar surface area (TPSA) is 23.8 Å². The highest BCUT2D eigenvalue weighted by Crippen LogP contribution is 2.43. The van der Waals surface area contributed by atoms with Crippen molar-refractivity contribution >= 4 is 38.7 Å². The molecule has 2 aromatic heterocycles. The zero-order valence-electron chi connectivity index (χ0n) is 23.1. The molecule has 4 heterocycles. The maximum absolute atomic E-state index is 5.14. The molecule has 0 amide bonds. The molecule has 2 aliphatic rings. The SMILES string of the molecule is c1cc(N2CCCCCCC2)c(-c2cnc3c4ccccc4c4ccccc4n23)c(N2CCCCCCC2)c1. The Labute approximate surface area is 232 Å². The Morgan fingerprint density at radius 3 is 1.62 bits per heavy atom. The second-order valence-corrected chi connectivity index (χ2v) is 11.5. The van der Waals surface area contributed by atoms with Gasteiger partial charge in [-0.25, -0.2) is 4.98 Å². The lowest BCUT2D eigenvalue weighted by molar-refractivity contribution is 0.554. The average molecular weight is 517 g/mol. The van der Waals surface area contributed by atoms with Crippen molar-refractivity contribution in [3.8, 4) is 11.3 Å². The Kier molecular flexibility index (Phi) is 6.86. The quantitative estimate of drug-likeness (QED) is 0.224. The highest BCUT2D eigenvalue weighted by molar-refractivity contribution is 6.12. The highest BCUT2D eigenvalue weighted by Gasteiger charge is 2.24. The van der Waals surface area contributed by atoms with Crippen LogP contribution in [0.1, 0.15) is 64.2 Å². The van der Waals surface area contributed by atoms with Gasteiger partial charge < -0.3 is 9.80 Å². The summed E-state index contributed by atoms with van der Waals surface area (Å²) < 4.78 is 2.45. The molecule has 2 fully saturated rings. The van der Waals surface area contributed by atoms with Crippen molar-refractivity contribution in [1.29, 1.82) is 0 Å². The fourth-order valence-electron chi connectivity index (χ4n) is 7.07. The molecule has 3 aromatic carbocycles. The van der Waals surface area contributed by atoms with Crippen LogP contribution in [0.5, 0.6) is 0 Å². The molecule has 39 heavy (non-hydrogen) atoms. The standard InChI is InChI=1S/C35H40N4/c1-3-11-22-37(23-12-4-1)31-20-15-21-32(38-24-13-5-2-6-14-25-38)34(31)33-26-36-35-29-18-8-7-16-27(29)28-17-9-10-19-30(28)39(33)35/h7-10,15-21,26H,1-6,11-14,22-25H2. The summed E-state index contributed by atoms with van der Waals surface area (Å²) in [7, 11) is 0. The minimum Gasteiger partial charge on any atom is -0.371 e. The molecule has 0 unspecified atom stereocenters. The van der Waals surface area contributed by atoms with Crippen molar-refractivity contribution in [2.45, 2.75) is 64.2 Å². The van der Waals surface area contributed by atoms with E-state index in [-0.39, 0.29) is 0 Å². The summed E-state index contributed by atoms with van der Waals surface area (Å²) in [5, 5.41) is 3.79. The van der Waals surface area contributed by atoms with Crippen LogP contribution in [0.15, 0.2) is 72.9 Å². The second kappa shape index (κ2) is 10.9. The van der Waals surface area contributed by atoms with Crippen LogP contribution in [0.3, 0.4) is 0 Å². The average Bonchev–Trinajstić information content (AvgIpc) is 3.38. The van der Waals surface area contributed by atoms with Crippen LogP contribution in [0.2, 0.25) is 0 Å². The first-order valence-electron chi connectivity index (χ1n) is 15.3. The minimum atomic E-state index is 1.06. The van der Waals surface area contributed by atoms with Crippen molar-refractivity contribution in [2.24, 2.45) is 0 Å². The third-order valence-corrected chi connectivity index (χ3v) is 9.04. The van der Waals surface area contributed by atoms with E-state index < -0.39 is 0 Å². The van der Waals surface area contributed by atoms with Crippen LogP contribution in [-0.2, 0) is 0 Å². The lowest BCUT2D eigenvalue weighted by Gasteiger charge is -2.34. The summed E-state index contributed by atoms with van der Waals surface area (Å²) in [4.78, 5) is 10.5. The van der Waals surface area contributed by atoms with Crippen molar-refractivity contribution in [3.63, 3.8) is 0 Å². The predicted molar refractivity (Wildman–Crippen MR) is 166 cm³/mol. The molecule has 0 saturated carbocycles. The number of pyridine rings is 1. The van der Waals surface area contributed by atoms with E-state index in [0.717, 1.165) is 31.8 Å². The zero-order valence-corrected chi connectivity index (χ0v) is 23.1. The van der Waals surface area contributed by atoms with Gasteiger partial charge in [-0.2, -0.15) is 0 Å². The number of para-hydroxylation sites is 1. The monoisotopic (exact) mass is 516 g/mol. The van der Waals surface area contributed by atoms with Gasteiger partial charge in [0.25, 0.3) is 0 Å². The van der Waals surface area contributed by atoms with E-state index in [2.05, 4.69) is 87.1 Å². The van der Waals surface area contributed by atoms with Crippen molar-refractivity contribution in [3.05, 3.63) is 72.9 Å². The van der Waals surface area contributed by atoms with Gasteiger partial charge >= 0.3 is 0 Å². The summed E-state index contributed by atoms with van der Waals surface area (Å²) >= 11 is 0. The van der Waals surface area contributed by atoms with Crippen LogP contribution in [0, 0.1) is 0 Å². The Balaban J connectivity index is 1.50. The van der Waals surface area contributed by atoms with Crippen LogP contribution in [-0.4, -0.2) is 35.6 Å². The summed E-state index contributed by atoms with van der Waals surface area (Å²) in [6.45, 7) is 4.54. The summed E-state index contributed by atoms with van der Waals surface area (Å²) in [5.41, 5.74) is 7.65. The van der Waals surface area contributed by atoms with Gasteiger partial charge in [0, 0.05) is 53.9 Å². The van der Waals surface area contributed by atoms with Gasteiger partial charge in [-0.05, 0) is 49.3 Å². The lowest BCUT2D eigenvalue weighted by atomic mass is 10.0. The van der Waals surface area contributed by atoms with E-state index >= 15 is 0 Å². The lowest BCUT2D eigenvalue weighted by Crippen LogP contribution is -2.30. The number of fused-ring (bicyclic) bond motifs is 6. The molecule has 0 bridgehead atoms. The smallest absolute Gasteiger partial charge is 0.145 e. The molecular formula is C35H40N4. The summed E-state index contributed by atoms with van der Waals surface area (Å²) in [6.07, 6.45) is 15.3. The molecule has 0 N–H and O–H groups in total. The first-order valence-corrected chi connectivity index (χ1v) is 15.3. The summed E-state index contributed by atoms with van der Waals surface area (Å²) in [6, 6.07) is 24.7. The molecule has 0 atom stereocenters. The van der Waals surface area contributed by atoms with E-state index in [1.807, 2.05) is 0 Å². The molecule has 0 aliphatic carbocycles. The number of hydrogen-bond donors (Lipinski definition) is 0. The van der Waals surface area contributed by atoms with Crippen molar-refractivity contribution in [1.82, 2.24) is 9.38 Å². The van der Waals surface area contributed by atoms with Crippen LogP contribution in [0.4, 0.5) is 11.4 Å². The van der Waals surface area contributed by atoms with E-state index in [0.29, 0.717) is 0 Å². The van der Waals surface area contributed by atoms with Crippen LogP contribution < -0.4 is 9.80 Å². The van der Waals surface area contributed by atoms with Crippen LogP contribution >= 0.6 is 0 Å². The van der Waals surface area contributed by atoms with Gasteiger partial charge in [-0.1, -0.05) is 87.1 Å². The summed E-state index contributed by atoms with van der Waals surface area (Å²) in [5.74, 6) is 0. The van der Waals surface area contributed by atoms with Gasteiger partial charge in [-0.15, -0.1) is 0 Å². The Bertz CT molecular complexity index is 1540. The number of benzene rings is 3. The van der Waals surface area contributed by atoms with Crippen molar-refractivity contribution < 1.29 is 0 Å². The molecular weight excluding hydrogens is 476 g/mol. The Hall–Kier alpha value is -3.53. The van der Waals surface area contributed by atoms with E-state index in [1.54, 1.807) is 0 Å². The maximum atomic E-state index is 5.14. The fourth-order valence-corrected chi connectivity index (χ4v) is 7.07. The van der Waals surface area contributed by atoms with Gasteiger partial charge in [0.15, 0.2) is 0 Å². The maximum Gasteiger partial charge on any atom is 0.145 e. The number of imidazole rings is 1. The number of anilines is 2. The zero-order chi connectivity index (χ0) is 26.0. The molecule has 2 saturated heterocycles. The van der Waals surface area contributed by atoms with E-state index in [1.165, 1.54) is 109 Å². The molecule has 2 aliphatic heterocycles. The Morgan fingerprint density at radius 2 is 1.00 bits per heavy atom. The van der Waals surface area contributed by atoms with Crippen LogP contribution in [0.25, 0.3) is 38.6 Å². The van der Waals surface area contributed by atoms with Crippen molar-refractivity contribution in [2.75, 3.05) is 36.0 Å². The Morgan fingerprint density at radius 1 is 0.487 bits per heavy atom. The number of hydrogen-bond acceptors (Lipinski definition) is 3. The second-order valence-electron chi connectivity index (χ2n) is 11.5. The molecule has 4 nitrogen and oxygen atoms in total. The molecule has 200 valence electrons. The third kappa shape index (κ3) is 4.54.